The van der Waals surface area contributed by atoms with E-state index >= 15 is 0 Å². The third-order valence-corrected chi connectivity index (χ3v) is 4.01. The fourth-order valence-corrected chi connectivity index (χ4v) is 2.39. The van der Waals surface area contributed by atoms with Crippen molar-refractivity contribution < 1.29 is 9.18 Å². The molecule has 104 valence electrons. The number of carbonyl (C=O) groups excluding carboxylic acids is 1. The molecule has 0 saturated carbocycles. The number of amides is 1. The lowest BCUT2D eigenvalue weighted by atomic mass is 10.1. The summed E-state index contributed by atoms with van der Waals surface area (Å²) >= 11 is 3.42. The molecular weight excluding hydrogens is 321 g/mol. The number of hydrogen-bond acceptors (Lipinski definition) is 1. The molecule has 0 unspecified atom stereocenters. The minimum Gasteiger partial charge on any atom is -0.337 e. The highest BCUT2D eigenvalue weighted by Gasteiger charge is 2.15. The molecule has 4 heteroatoms. The molecule has 0 aliphatic rings. The summed E-state index contributed by atoms with van der Waals surface area (Å²) in [6.07, 6.45) is 0. The van der Waals surface area contributed by atoms with Gasteiger partial charge in [0.05, 0.1) is 0 Å². The molecule has 0 spiro atoms. The molecular formula is C16H15BrFNO. The van der Waals surface area contributed by atoms with Crippen molar-refractivity contribution in [3.05, 3.63) is 69.4 Å². The summed E-state index contributed by atoms with van der Waals surface area (Å²) in [5.41, 5.74) is 2.33. The molecule has 1 amide bonds. The van der Waals surface area contributed by atoms with Crippen LogP contribution in [0, 0.1) is 12.7 Å². The summed E-state index contributed by atoms with van der Waals surface area (Å²) in [5, 5.41) is 0. The molecule has 2 aromatic rings. The number of halogens is 2. The van der Waals surface area contributed by atoms with Gasteiger partial charge in [-0.1, -0.05) is 34.1 Å². The largest absolute Gasteiger partial charge is 0.337 e. The summed E-state index contributed by atoms with van der Waals surface area (Å²) < 4.78 is 14.1. The second-order valence-corrected chi connectivity index (χ2v) is 5.56. The first-order chi connectivity index (χ1) is 9.49. The highest BCUT2D eigenvalue weighted by Crippen LogP contribution is 2.21. The summed E-state index contributed by atoms with van der Waals surface area (Å²) in [6, 6.07) is 11.8. The van der Waals surface area contributed by atoms with Gasteiger partial charge >= 0.3 is 0 Å². The Kier molecular flexibility index (Phi) is 4.55. The molecule has 0 atom stereocenters. The average Bonchev–Trinajstić information content (AvgIpc) is 2.41. The highest BCUT2D eigenvalue weighted by molar-refractivity contribution is 9.10. The summed E-state index contributed by atoms with van der Waals surface area (Å²) in [7, 11) is 1.72. The molecule has 0 saturated heterocycles. The lowest BCUT2D eigenvalue weighted by Gasteiger charge is -2.19. The van der Waals surface area contributed by atoms with Gasteiger partial charge in [0.2, 0.25) is 0 Å². The average molecular weight is 336 g/mol. The van der Waals surface area contributed by atoms with E-state index in [1.54, 1.807) is 30.1 Å². The van der Waals surface area contributed by atoms with Gasteiger partial charge in [0.25, 0.3) is 5.91 Å². The third-order valence-electron chi connectivity index (χ3n) is 3.15. The zero-order chi connectivity index (χ0) is 14.7. The number of carbonyl (C=O) groups is 1. The van der Waals surface area contributed by atoms with Crippen molar-refractivity contribution in [2.45, 2.75) is 13.5 Å². The van der Waals surface area contributed by atoms with Crippen LogP contribution in [0.5, 0.6) is 0 Å². The maximum atomic E-state index is 13.1. The molecule has 0 aliphatic heterocycles. The highest BCUT2D eigenvalue weighted by atomic mass is 79.9. The Labute approximate surface area is 126 Å². The fraction of sp³-hybridized carbons (Fsp3) is 0.188. The fourth-order valence-electron chi connectivity index (χ4n) is 2.03. The minimum absolute atomic E-state index is 0.0759. The number of rotatable bonds is 3. The van der Waals surface area contributed by atoms with Gasteiger partial charge in [0.15, 0.2) is 0 Å². The van der Waals surface area contributed by atoms with E-state index in [0.29, 0.717) is 12.1 Å². The molecule has 2 aromatic carbocycles. The Bertz CT molecular complexity index is 642. The lowest BCUT2D eigenvalue weighted by molar-refractivity contribution is 0.0784. The molecule has 2 rings (SSSR count). The van der Waals surface area contributed by atoms with Crippen LogP contribution in [-0.4, -0.2) is 17.9 Å². The van der Waals surface area contributed by atoms with E-state index < -0.39 is 0 Å². The van der Waals surface area contributed by atoms with Crippen LogP contribution >= 0.6 is 15.9 Å². The van der Waals surface area contributed by atoms with Crippen molar-refractivity contribution in [1.29, 1.82) is 0 Å². The van der Waals surface area contributed by atoms with Gasteiger partial charge in [-0.2, -0.15) is 0 Å². The van der Waals surface area contributed by atoms with Gasteiger partial charge < -0.3 is 4.90 Å². The quantitative estimate of drug-likeness (QED) is 0.824. The van der Waals surface area contributed by atoms with Crippen molar-refractivity contribution in [2.75, 3.05) is 7.05 Å². The lowest BCUT2D eigenvalue weighted by Crippen LogP contribution is -2.26. The van der Waals surface area contributed by atoms with Crippen LogP contribution in [0.4, 0.5) is 4.39 Å². The first-order valence-electron chi connectivity index (χ1n) is 6.24. The van der Waals surface area contributed by atoms with Crippen molar-refractivity contribution in [3.8, 4) is 0 Å². The smallest absolute Gasteiger partial charge is 0.254 e. The zero-order valence-corrected chi connectivity index (χ0v) is 12.9. The zero-order valence-electron chi connectivity index (χ0n) is 11.4. The molecule has 2 nitrogen and oxygen atoms in total. The van der Waals surface area contributed by atoms with E-state index in [2.05, 4.69) is 15.9 Å². The Morgan fingerprint density at radius 2 is 1.95 bits per heavy atom. The maximum absolute atomic E-state index is 13.1. The van der Waals surface area contributed by atoms with E-state index in [-0.39, 0.29) is 11.7 Å². The van der Waals surface area contributed by atoms with Crippen LogP contribution in [-0.2, 0) is 6.54 Å². The molecule has 20 heavy (non-hydrogen) atoms. The van der Waals surface area contributed by atoms with Gasteiger partial charge in [-0.3, -0.25) is 4.79 Å². The number of nitrogens with zero attached hydrogens (tertiary/aromatic N) is 1. The van der Waals surface area contributed by atoms with E-state index in [1.165, 1.54) is 12.1 Å². The van der Waals surface area contributed by atoms with Crippen molar-refractivity contribution in [3.63, 3.8) is 0 Å². The Balaban J connectivity index is 2.19. The van der Waals surface area contributed by atoms with Crippen LogP contribution < -0.4 is 0 Å². The third kappa shape index (κ3) is 3.25. The van der Waals surface area contributed by atoms with Gasteiger partial charge in [-0.15, -0.1) is 0 Å². The van der Waals surface area contributed by atoms with Crippen molar-refractivity contribution >= 4 is 21.8 Å². The Morgan fingerprint density at radius 3 is 2.65 bits per heavy atom. The van der Waals surface area contributed by atoms with Crippen molar-refractivity contribution in [2.24, 2.45) is 0 Å². The van der Waals surface area contributed by atoms with E-state index in [9.17, 15) is 9.18 Å². The summed E-state index contributed by atoms with van der Waals surface area (Å²) in [6.45, 7) is 2.27. The van der Waals surface area contributed by atoms with Crippen molar-refractivity contribution in [1.82, 2.24) is 4.90 Å². The molecule has 0 heterocycles. The monoisotopic (exact) mass is 335 g/mol. The molecule has 0 aromatic heterocycles. The van der Waals surface area contributed by atoms with Gasteiger partial charge in [0.1, 0.15) is 5.82 Å². The molecule has 0 N–H and O–H groups in total. The van der Waals surface area contributed by atoms with Gasteiger partial charge in [-0.25, -0.2) is 4.39 Å². The minimum atomic E-state index is -0.290. The molecule has 0 aliphatic carbocycles. The van der Waals surface area contributed by atoms with Crippen LogP contribution in [0.15, 0.2) is 46.9 Å². The number of hydrogen-bond donors (Lipinski definition) is 0. The van der Waals surface area contributed by atoms with E-state index in [4.69, 9.17) is 0 Å². The molecule has 0 fully saturated rings. The van der Waals surface area contributed by atoms with E-state index in [0.717, 1.165) is 15.6 Å². The molecule has 0 radical (unpaired) electrons. The van der Waals surface area contributed by atoms with Crippen LogP contribution in [0.25, 0.3) is 0 Å². The Hall–Kier alpha value is -1.68. The van der Waals surface area contributed by atoms with Crippen LogP contribution in [0.3, 0.4) is 0 Å². The second-order valence-electron chi connectivity index (χ2n) is 4.70. The maximum Gasteiger partial charge on any atom is 0.254 e. The normalized spacial score (nSPS) is 10.4. The predicted octanol–water partition coefficient (Wildman–Crippen LogP) is 4.17. The first kappa shape index (κ1) is 14.7. The first-order valence-corrected chi connectivity index (χ1v) is 7.03. The topological polar surface area (TPSA) is 20.3 Å². The SMILES string of the molecule is Cc1c(Br)cccc1C(=O)N(C)Cc1cccc(F)c1. The predicted molar refractivity (Wildman–Crippen MR) is 81.1 cm³/mol. The van der Waals surface area contributed by atoms with Gasteiger partial charge in [0, 0.05) is 23.6 Å². The summed E-state index contributed by atoms with van der Waals surface area (Å²) in [5.74, 6) is -0.366. The van der Waals surface area contributed by atoms with Gasteiger partial charge in [-0.05, 0) is 42.3 Å². The van der Waals surface area contributed by atoms with Crippen LogP contribution in [0.2, 0.25) is 0 Å². The van der Waals surface area contributed by atoms with Crippen LogP contribution in [0.1, 0.15) is 21.5 Å². The molecule has 0 bridgehead atoms. The Morgan fingerprint density at radius 1 is 1.25 bits per heavy atom. The summed E-state index contributed by atoms with van der Waals surface area (Å²) in [4.78, 5) is 14.0. The number of benzene rings is 2. The second kappa shape index (κ2) is 6.18. The van der Waals surface area contributed by atoms with E-state index in [1.807, 2.05) is 19.1 Å². The standard InChI is InChI=1S/C16H15BrFNO/c1-11-14(7-4-8-15(11)17)16(20)19(2)10-12-5-3-6-13(18)9-12/h3-9H,10H2,1-2H3.